The van der Waals surface area contributed by atoms with Gasteiger partial charge in [0, 0.05) is 23.4 Å². The standard InChI is InChI=1S/C26H26N4O8S/c1-30(2)19-14-6-11-5-13-10(7-28-25(37)12-8-29-39-9-12)3-4-15(31)17(13)20(32)16(11)22(34)26(14,38)23(35)18(21(19)33)24(27)36/h3-4,8-9,11,14,19,31-32,35,38H,5-7H2,1-2H3,(H2,27,36)(H,28,37). The number of Topliss-reactive ketones (excluding diaryl/α,β-unsaturated/α-hetero) is 2. The Hall–Kier alpha value is -4.07. The fraction of sp³-hybridized carbons (Fsp3) is 0.346. The van der Waals surface area contributed by atoms with Crippen LogP contribution in [-0.4, -0.2) is 78.8 Å². The van der Waals surface area contributed by atoms with Crippen LogP contribution in [0.2, 0.25) is 0 Å². The number of carbonyl (C=O) groups is 4. The molecular formula is C26H26N4O8S. The van der Waals surface area contributed by atoms with E-state index in [0.717, 1.165) is 11.5 Å². The van der Waals surface area contributed by atoms with Crippen LogP contribution in [0.4, 0.5) is 0 Å². The summed E-state index contributed by atoms with van der Waals surface area (Å²) in [6.07, 6.45) is 1.55. The lowest BCUT2D eigenvalue weighted by Gasteiger charge is -2.50. The fourth-order valence-corrected chi connectivity index (χ4v) is 6.59. The molecule has 0 aliphatic heterocycles. The van der Waals surface area contributed by atoms with Crippen LogP contribution in [0.15, 0.2) is 40.6 Å². The number of phenolic OH excluding ortho intramolecular Hbond substituents is 1. The number of amides is 2. The highest BCUT2D eigenvalue weighted by atomic mass is 32.1. The lowest BCUT2D eigenvalue weighted by Crippen LogP contribution is -2.65. The summed E-state index contributed by atoms with van der Waals surface area (Å²) in [5.41, 5.74) is 2.97. The Labute approximate surface area is 226 Å². The van der Waals surface area contributed by atoms with Crippen molar-refractivity contribution in [1.29, 1.82) is 0 Å². The summed E-state index contributed by atoms with van der Waals surface area (Å²) in [6.45, 7) is 0.0538. The van der Waals surface area contributed by atoms with E-state index in [-0.39, 0.29) is 42.2 Å². The van der Waals surface area contributed by atoms with Crippen LogP contribution in [0.3, 0.4) is 0 Å². The van der Waals surface area contributed by atoms with Crippen molar-refractivity contribution in [2.45, 2.75) is 31.0 Å². The first kappa shape index (κ1) is 26.5. The number of aliphatic hydroxyl groups is 3. The average molecular weight is 555 g/mol. The zero-order valence-corrected chi connectivity index (χ0v) is 21.8. The van der Waals surface area contributed by atoms with Crippen molar-refractivity contribution in [2.24, 2.45) is 17.6 Å². The lowest BCUT2D eigenvalue weighted by atomic mass is 9.57. The highest BCUT2D eigenvalue weighted by molar-refractivity contribution is 7.03. The van der Waals surface area contributed by atoms with Gasteiger partial charge in [0.1, 0.15) is 22.8 Å². The van der Waals surface area contributed by atoms with E-state index < -0.39 is 58.0 Å². The predicted molar refractivity (Wildman–Crippen MR) is 138 cm³/mol. The monoisotopic (exact) mass is 554 g/mol. The summed E-state index contributed by atoms with van der Waals surface area (Å²) in [5, 5.41) is 48.8. The smallest absolute Gasteiger partial charge is 0.255 e. The second kappa shape index (κ2) is 9.29. The van der Waals surface area contributed by atoms with Crippen molar-refractivity contribution >= 4 is 40.7 Å². The third-order valence-corrected chi connectivity index (χ3v) is 8.42. The maximum absolute atomic E-state index is 13.8. The molecule has 0 bridgehead atoms. The van der Waals surface area contributed by atoms with Crippen molar-refractivity contribution in [3.05, 3.63) is 62.9 Å². The molecule has 12 nitrogen and oxygen atoms in total. The highest BCUT2D eigenvalue weighted by Crippen LogP contribution is 2.52. The van der Waals surface area contributed by atoms with E-state index in [2.05, 4.69) is 9.69 Å². The number of nitrogens with one attached hydrogen (secondary N) is 1. The summed E-state index contributed by atoms with van der Waals surface area (Å²) in [4.78, 5) is 53.0. The number of nitrogens with two attached hydrogens (primary N) is 1. The predicted octanol–water partition coefficient (Wildman–Crippen LogP) is 0.351. The largest absolute Gasteiger partial charge is 0.508 e. The van der Waals surface area contributed by atoms with Crippen molar-refractivity contribution in [1.82, 2.24) is 14.6 Å². The fourth-order valence-electron chi connectivity index (χ4n) is 6.07. The van der Waals surface area contributed by atoms with Crippen molar-refractivity contribution in [2.75, 3.05) is 14.1 Å². The number of rotatable bonds is 5. The SMILES string of the molecule is CN(C)C1C(=O)C(C(N)=O)=C(O)C2(O)C(=O)C3=C(O)c4c(O)ccc(CNC(=O)c5cnsc5)c4CC3CC12. The Bertz CT molecular complexity index is 1500. The van der Waals surface area contributed by atoms with E-state index in [1.54, 1.807) is 11.4 Å². The highest BCUT2D eigenvalue weighted by Gasteiger charge is 2.64. The molecule has 2 aromatic rings. The Morgan fingerprint density at radius 3 is 2.56 bits per heavy atom. The summed E-state index contributed by atoms with van der Waals surface area (Å²) in [5.74, 6) is -7.46. The number of ketones is 2. The lowest BCUT2D eigenvalue weighted by molar-refractivity contribution is -0.153. The average Bonchev–Trinajstić information content (AvgIpc) is 3.40. The zero-order chi connectivity index (χ0) is 28.4. The number of fused-ring (bicyclic) bond motifs is 3. The summed E-state index contributed by atoms with van der Waals surface area (Å²) in [6, 6.07) is 1.75. The maximum atomic E-state index is 13.8. The van der Waals surface area contributed by atoms with Crippen LogP contribution in [0.5, 0.6) is 5.75 Å². The topological polar surface area (TPSA) is 203 Å². The van der Waals surface area contributed by atoms with Crippen LogP contribution in [0.25, 0.3) is 5.76 Å². The van der Waals surface area contributed by atoms with E-state index in [1.165, 1.54) is 31.3 Å². The minimum absolute atomic E-state index is 0.0200. The van der Waals surface area contributed by atoms with E-state index in [9.17, 15) is 39.6 Å². The maximum Gasteiger partial charge on any atom is 0.255 e. The summed E-state index contributed by atoms with van der Waals surface area (Å²) < 4.78 is 3.91. The Kier molecular flexibility index (Phi) is 6.32. The summed E-state index contributed by atoms with van der Waals surface area (Å²) >= 11 is 1.13. The molecule has 0 radical (unpaired) electrons. The Balaban J connectivity index is 1.61. The van der Waals surface area contributed by atoms with Gasteiger partial charge in [0.05, 0.1) is 23.4 Å². The van der Waals surface area contributed by atoms with Gasteiger partial charge in [0.25, 0.3) is 11.8 Å². The molecule has 1 fully saturated rings. The molecule has 7 N–H and O–H groups in total. The molecule has 39 heavy (non-hydrogen) atoms. The third-order valence-electron chi connectivity index (χ3n) is 7.84. The van der Waals surface area contributed by atoms with E-state index in [0.29, 0.717) is 16.7 Å². The first-order chi connectivity index (χ1) is 18.4. The van der Waals surface area contributed by atoms with Crippen molar-refractivity contribution in [3.8, 4) is 5.75 Å². The molecule has 13 heteroatoms. The molecule has 2 amide bonds. The number of hydrogen-bond donors (Lipinski definition) is 6. The van der Waals surface area contributed by atoms with E-state index >= 15 is 0 Å². The van der Waals surface area contributed by atoms with Crippen LogP contribution < -0.4 is 11.1 Å². The van der Waals surface area contributed by atoms with Gasteiger partial charge in [0.15, 0.2) is 11.4 Å². The molecule has 1 aromatic heterocycles. The number of nitrogens with zero attached hydrogens (tertiary/aromatic N) is 2. The van der Waals surface area contributed by atoms with Crippen LogP contribution >= 0.6 is 11.5 Å². The van der Waals surface area contributed by atoms with Gasteiger partial charge in [-0.15, -0.1) is 0 Å². The number of phenols is 1. The molecule has 204 valence electrons. The quantitative estimate of drug-likeness (QED) is 0.280. The second-order valence-electron chi connectivity index (χ2n) is 10.2. The molecule has 1 aromatic carbocycles. The molecule has 0 saturated heterocycles. The van der Waals surface area contributed by atoms with Gasteiger partial charge in [-0.25, -0.2) is 4.37 Å². The van der Waals surface area contributed by atoms with Gasteiger partial charge >= 0.3 is 0 Å². The van der Waals surface area contributed by atoms with E-state index in [4.69, 9.17) is 5.73 Å². The molecule has 3 aliphatic rings. The number of aromatic hydroxyl groups is 1. The third kappa shape index (κ3) is 3.84. The minimum atomic E-state index is -2.69. The van der Waals surface area contributed by atoms with Gasteiger partial charge in [-0.1, -0.05) is 6.07 Å². The van der Waals surface area contributed by atoms with Crippen molar-refractivity contribution < 1.29 is 39.6 Å². The molecule has 5 rings (SSSR count). The number of primary amides is 1. The Morgan fingerprint density at radius 1 is 1.23 bits per heavy atom. The summed E-state index contributed by atoms with van der Waals surface area (Å²) in [7, 11) is 3.07. The first-order valence-electron chi connectivity index (χ1n) is 12.1. The van der Waals surface area contributed by atoms with Crippen LogP contribution in [0, 0.1) is 11.8 Å². The normalized spacial score (nSPS) is 26.3. The molecule has 4 atom stereocenters. The zero-order valence-electron chi connectivity index (χ0n) is 21.0. The Morgan fingerprint density at radius 2 is 1.95 bits per heavy atom. The van der Waals surface area contributed by atoms with Gasteiger partial charge in [-0.05, 0) is 61.6 Å². The number of hydrogen-bond acceptors (Lipinski definition) is 11. The number of carbonyl (C=O) groups excluding carboxylic acids is 4. The number of aliphatic hydroxyl groups excluding tert-OH is 2. The van der Waals surface area contributed by atoms with Crippen molar-refractivity contribution in [3.63, 3.8) is 0 Å². The molecule has 0 spiro atoms. The van der Waals surface area contributed by atoms with Gasteiger partial charge in [0.2, 0.25) is 5.78 Å². The second-order valence-corrected chi connectivity index (χ2v) is 10.8. The van der Waals surface area contributed by atoms with Crippen LogP contribution in [-0.2, 0) is 27.3 Å². The molecular weight excluding hydrogens is 528 g/mol. The molecule has 1 saturated carbocycles. The van der Waals surface area contributed by atoms with Crippen LogP contribution in [0.1, 0.15) is 33.5 Å². The van der Waals surface area contributed by atoms with Gasteiger partial charge in [-0.2, -0.15) is 0 Å². The first-order valence-corrected chi connectivity index (χ1v) is 12.9. The number of aromatic nitrogens is 1. The molecule has 3 aliphatic carbocycles. The molecule has 4 unspecified atom stereocenters. The number of likely N-dealkylation sites (N-methyl/N-ethyl adjacent to an activating group) is 1. The van der Waals surface area contributed by atoms with E-state index in [1.807, 2.05) is 0 Å². The molecule has 1 heterocycles. The number of benzene rings is 1. The van der Waals surface area contributed by atoms with Gasteiger partial charge in [-0.3, -0.25) is 24.1 Å². The van der Waals surface area contributed by atoms with Gasteiger partial charge < -0.3 is 31.5 Å². The minimum Gasteiger partial charge on any atom is -0.508 e.